The Labute approximate surface area is 99.2 Å². The molecule has 0 fully saturated rings. The second kappa shape index (κ2) is 8.23. The zero-order valence-electron chi connectivity index (χ0n) is 10.6. The van der Waals surface area contributed by atoms with Crippen LogP contribution in [0.25, 0.3) is 0 Å². The van der Waals surface area contributed by atoms with Gasteiger partial charge in [0, 0.05) is 6.10 Å². The summed E-state index contributed by atoms with van der Waals surface area (Å²) in [5, 5.41) is 0. The maximum atomic E-state index is 5.46. The molecule has 0 aliphatic rings. The molecule has 0 aliphatic heterocycles. The Morgan fingerprint density at radius 1 is 1.00 bits per heavy atom. The van der Waals surface area contributed by atoms with Crippen LogP contribution in [0.2, 0.25) is 0 Å². The Morgan fingerprint density at radius 3 is 1.93 bits per heavy atom. The SMILES string of the molecule is CC(C)O[Si]C=C[Si]C(N(C)C)N(C)C. The van der Waals surface area contributed by atoms with Gasteiger partial charge < -0.3 is 4.43 Å². The summed E-state index contributed by atoms with van der Waals surface area (Å²) in [4.78, 5) is 4.46. The van der Waals surface area contributed by atoms with Gasteiger partial charge in [-0.3, -0.25) is 9.80 Å². The van der Waals surface area contributed by atoms with E-state index in [4.69, 9.17) is 4.43 Å². The zero-order valence-corrected chi connectivity index (χ0v) is 12.6. The quantitative estimate of drug-likeness (QED) is 0.481. The minimum absolute atomic E-state index is 0.329. The molecule has 0 N–H and O–H groups in total. The summed E-state index contributed by atoms with van der Waals surface area (Å²) in [6.07, 6.45) is 0.329. The molecule has 0 aromatic heterocycles. The Balaban J connectivity index is 3.79. The smallest absolute Gasteiger partial charge is 0.260 e. The Bertz CT molecular complexity index is 176. The number of rotatable bonds is 7. The third kappa shape index (κ3) is 7.92. The molecule has 86 valence electrons. The monoisotopic (exact) mass is 242 g/mol. The molecule has 0 bridgehead atoms. The van der Waals surface area contributed by atoms with Crippen LogP contribution in [0.5, 0.6) is 0 Å². The first kappa shape index (κ1) is 15.1. The minimum Gasteiger partial charge on any atom is -0.410 e. The molecule has 0 rings (SSSR count). The van der Waals surface area contributed by atoms with E-state index in [1.807, 2.05) is 0 Å². The number of hydrogen-bond acceptors (Lipinski definition) is 3. The molecule has 0 heterocycles. The molecule has 0 atom stereocenters. The van der Waals surface area contributed by atoms with E-state index in [2.05, 4.69) is 63.2 Å². The lowest BCUT2D eigenvalue weighted by molar-refractivity contribution is 0.202. The van der Waals surface area contributed by atoms with Gasteiger partial charge in [0.25, 0.3) is 9.76 Å². The Kier molecular flexibility index (Phi) is 8.26. The van der Waals surface area contributed by atoms with Crippen LogP contribution >= 0.6 is 0 Å². The van der Waals surface area contributed by atoms with Crippen molar-refractivity contribution in [3.05, 3.63) is 11.4 Å². The van der Waals surface area contributed by atoms with Crippen molar-refractivity contribution in [1.29, 1.82) is 0 Å². The fourth-order valence-corrected chi connectivity index (χ4v) is 2.88. The van der Waals surface area contributed by atoms with Crippen LogP contribution in [-0.4, -0.2) is 69.2 Å². The molecular formula is C10H22N2OSi2. The van der Waals surface area contributed by atoms with Gasteiger partial charge in [0.15, 0.2) is 0 Å². The lowest BCUT2D eigenvalue weighted by Gasteiger charge is -2.29. The standard InChI is InChI=1S/C10H22N2OSi2/c1-9(2)13-15-8-7-14-10(11(3)4)12(5)6/h7-10H,1-6H3. The Morgan fingerprint density at radius 2 is 1.53 bits per heavy atom. The summed E-state index contributed by atoms with van der Waals surface area (Å²) < 4.78 is 5.46. The first-order chi connectivity index (χ1) is 6.95. The van der Waals surface area contributed by atoms with Crippen LogP contribution in [0.1, 0.15) is 13.8 Å². The van der Waals surface area contributed by atoms with E-state index in [-0.39, 0.29) is 0 Å². The van der Waals surface area contributed by atoms with Crippen LogP contribution in [0.3, 0.4) is 0 Å². The van der Waals surface area contributed by atoms with E-state index < -0.39 is 0 Å². The van der Waals surface area contributed by atoms with E-state index in [1.54, 1.807) is 0 Å². The lowest BCUT2D eigenvalue weighted by atomic mass is 10.5. The van der Waals surface area contributed by atoms with E-state index >= 15 is 0 Å². The van der Waals surface area contributed by atoms with Gasteiger partial charge in [0.05, 0.1) is 5.79 Å². The molecule has 0 aliphatic carbocycles. The molecule has 0 amide bonds. The van der Waals surface area contributed by atoms with Gasteiger partial charge in [-0.05, 0) is 42.0 Å². The van der Waals surface area contributed by atoms with Crippen LogP contribution in [0.15, 0.2) is 11.4 Å². The fraction of sp³-hybridized carbons (Fsp3) is 0.800. The molecular weight excluding hydrogens is 220 g/mol. The maximum absolute atomic E-state index is 5.46. The van der Waals surface area contributed by atoms with Crippen molar-refractivity contribution in [1.82, 2.24) is 9.80 Å². The highest BCUT2D eigenvalue weighted by molar-refractivity contribution is 6.47. The maximum Gasteiger partial charge on any atom is 0.260 e. The predicted octanol–water partition coefficient (Wildman–Crippen LogP) is 0.613. The van der Waals surface area contributed by atoms with Gasteiger partial charge in [-0.1, -0.05) is 5.70 Å². The third-order valence-electron chi connectivity index (χ3n) is 1.68. The van der Waals surface area contributed by atoms with Gasteiger partial charge in [-0.25, -0.2) is 0 Å². The van der Waals surface area contributed by atoms with Crippen LogP contribution in [-0.2, 0) is 4.43 Å². The van der Waals surface area contributed by atoms with Crippen LogP contribution < -0.4 is 0 Å². The lowest BCUT2D eigenvalue weighted by Crippen LogP contribution is -2.44. The summed E-state index contributed by atoms with van der Waals surface area (Å²) in [6, 6.07) is 0. The van der Waals surface area contributed by atoms with Crippen molar-refractivity contribution < 1.29 is 4.43 Å². The van der Waals surface area contributed by atoms with E-state index in [0.29, 0.717) is 21.7 Å². The predicted molar refractivity (Wildman–Crippen MR) is 68.0 cm³/mol. The first-order valence-electron chi connectivity index (χ1n) is 5.10. The fourth-order valence-electron chi connectivity index (χ4n) is 1.10. The molecule has 4 radical (unpaired) electrons. The largest absolute Gasteiger partial charge is 0.410 e. The highest BCUT2D eigenvalue weighted by Crippen LogP contribution is 1.95. The molecule has 0 aromatic carbocycles. The molecule has 0 spiro atoms. The molecule has 0 saturated heterocycles. The molecule has 5 heteroatoms. The molecule has 0 aromatic rings. The molecule has 15 heavy (non-hydrogen) atoms. The van der Waals surface area contributed by atoms with Crippen LogP contribution in [0.4, 0.5) is 0 Å². The third-order valence-corrected chi connectivity index (χ3v) is 4.61. The van der Waals surface area contributed by atoms with Crippen molar-refractivity contribution in [2.45, 2.75) is 25.7 Å². The van der Waals surface area contributed by atoms with E-state index in [0.717, 1.165) is 9.52 Å². The normalized spacial score (nSPS) is 12.9. The second-order valence-corrected chi connectivity index (χ2v) is 6.07. The van der Waals surface area contributed by atoms with Gasteiger partial charge in [-0.15, -0.1) is 5.70 Å². The van der Waals surface area contributed by atoms with Crippen molar-refractivity contribution in [2.75, 3.05) is 28.2 Å². The van der Waals surface area contributed by atoms with Gasteiger partial charge in [-0.2, -0.15) is 0 Å². The Hall–Kier alpha value is 0.0538. The van der Waals surface area contributed by atoms with Crippen molar-refractivity contribution in [3.8, 4) is 0 Å². The van der Waals surface area contributed by atoms with E-state index in [9.17, 15) is 0 Å². The highest BCUT2D eigenvalue weighted by Gasteiger charge is 2.11. The summed E-state index contributed by atoms with van der Waals surface area (Å²) >= 11 is 0. The molecule has 3 nitrogen and oxygen atoms in total. The van der Waals surface area contributed by atoms with Gasteiger partial charge in [0.1, 0.15) is 9.52 Å². The number of hydrogen-bond donors (Lipinski definition) is 0. The first-order valence-corrected chi connectivity index (χ1v) is 7.24. The molecule has 0 saturated carbocycles. The number of nitrogens with zero attached hydrogens (tertiary/aromatic N) is 2. The van der Waals surface area contributed by atoms with Crippen molar-refractivity contribution in [3.63, 3.8) is 0 Å². The second-order valence-electron chi connectivity index (χ2n) is 4.09. The molecule has 0 unspecified atom stereocenters. The summed E-state index contributed by atoms with van der Waals surface area (Å²) in [5.74, 6) is 0.491. The minimum atomic E-state index is 0.329. The summed E-state index contributed by atoms with van der Waals surface area (Å²) in [6.45, 7) is 4.12. The highest BCUT2D eigenvalue weighted by atomic mass is 28.2. The van der Waals surface area contributed by atoms with Gasteiger partial charge in [0.2, 0.25) is 0 Å². The zero-order chi connectivity index (χ0) is 11.8. The van der Waals surface area contributed by atoms with Gasteiger partial charge >= 0.3 is 0 Å². The van der Waals surface area contributed by atoms with Crippen molar-refractivity contribution >= 4 is 19.3 Å². The van der Waals surface area contributed by atoms with Crippen LogP contribution in [0, 0.1) is 0 Å². The summed E-state index contributed by atoms with van der Waals surface area (Å²) in [7, 11) is 9.71. The van der Waals surface area contributed by atoms with E-state index in [1.165, 1.54) is 0 Å². The average Bonchev–Trinajstić information content (AvgIpc) is 2.08. The summed E-state index contributed by atoms with van der Waals surface area (Å²) in [5.41, 5.74) is 4.37. The van der Waals surface area contributed by atoms with Crippen molar-refractivity contribution in [2.24, 2.45) is 0 Å². The topological polar surface area (TPSA) is 15.7 Å². The average molecular weight is 242 g/mol.